The number of carboxylic acid groups (broad SMARTS) is 1. The normalized spacial score (nSPS) is 22.1. The van der Waals surface area contributed by atoms with Crippen molar-refractivity contribution in [1.82, 2.24) is 4.90 Å². The first-order chi connectivity index (χ1) is 7.56. The van der Waals surface area contributed by atoms with Gasteiger partial charge in [0.15, 0.2) is 0 Å². The van der Waals surface area contributed by atoms with E-state index < -0.39 is 5.97 Å². The fourth-order valence-corrected chi connectivity index (χ4v) is 2.38. The Labute approximate surface area is 96.6 Å². The third-order valence-electron chi connectivity index (χ3n) is 3.21. The van der Waals surface area contributed by atoms with Crippen LogP contribution in [0.1, 0.15) is 46.0 Å². The summed E-state index contributed by atoms with van der Waals surface area (Å²) < 4.78 is 0. The van der Waals surface area contributed by atoms with E-state index in [1.165, 1.54) is 0 Å². The number of rotatable bonds is 5. The molecule has 0 bridgehead atoms. The molecule has 1 aliphatic heterocycles. The monoisotopic (exact) mass is 227 g/mol. The van der Waals surface area contributed by atoms with E-state index in [-0.39, 0.29) is 24.3 Å². The molecule has 1 saturated heterocycles. The van der Waals surface area contributed by atoms with Crippen LogP contribution in [0.2, 0.25) is 0 Å². The van der Waals surface area contributed by atoms with Crippen molar-refractivity contribution >= 4 is 11.9 Å². The smallest absolute Gasteiger partial charge is 0.305 e. The van der Waals surface area contributed by atoms with Crippen molar-refractivity contribution in [3.63, 3.8) is 0 Å². The summed E-state index contributed by atoms with van der Waals surface area (Å²) in [6, 6.07) is -0.0793. The predicted molar refractivity (Wildman–Crippen MR) is 61.1 cm³/mol. The summed E-state index contributed by atoms with van der Waals surface area (Å²) in [7, 11) is 0. The van der Waals surface area contributed by atoms with Gasteiger partial charge in [0, 0.05) is 18.5 Å². The summed E-state index contributed by atoms with van der Waals surface area (Å²) in [4.78, 5) is 24.5. The molecule has 0 radical (unpaired) electrons. The second kappa shape index (κ2) is 5.87. The van der Waals surface area contributed by atoms with Gasteiger partial charge in [0.2, 0.25) is 5.91 Å². The maximum atomic E-state index is 12.1. The fourth-order valence-electron chi connectivity index (χ4n) is 2.38. The van der Waals surface area contributed by atoms with E-state index in [4.69, 9.17) is 5.11 Å². The number of carboxylic acids is 1. The van der Waals surface area contributed by atoms with Gasteiger partial charge in [0.05, 0.1) is 6.42 Å². The zero-order valence-corrected chi connectivity index (χ0v) is 10.1. The Hall–Kier alpha value is -1.06. The van der Waals surface area contributed by atoms with Crippen molar-refractivity contribution in [2.45, 2.75) is 52.0 Å². The minimum atomic E-state index is -0.812. The summed E-state index contributed by atoms with van der Waals surface area (Å²) in [5, 5.41) is 8.78. The van der Waals surface area contributed by atoms with Gasteiger partial charge >= 0.3 is 5.97 Å². The average molecular weight is 227 g/mol. The third kappa shape index (κ3) is 3.22. The van der Waals surface area contributed by atoms with Crippen molar-refractivity contribution in [2.75, 3.05) is 6.54 Å². The summed E-state index contributed by atoms with van der Waals surface area (Å²) in [6.45, 7) is 4.72. The zero-order chi connectivity index (χ0) is 12.1. The van der Waals surface area contributed by atoms with Crippen LogP contribution in [0.5, 0.6) is 0 Å². The van der Waals surface area contributed by atoms with Crippen LogP contribution in [-0.2, 0) is 9.59 Å². The van der Waals surface area contributed by atoms with Crippen LogP contribution >= 0.6 is 0 Å². The number of amides is 1. The number of hydrogen-bond donors (Lipinski definition) is 1. The second-order valence-corrected chi connectivity index (χ2v) is 4.62. The van der Waals surface area contributed by atoms with Gasteiger partial charge in [0.1, 0.15) is 0 Å². The molecule has 0 aromatic heterocycles. The van der Waals surface area contributed by atoms with E-state index in [0.29, 0.717) is 0 Å². The largest absolute Gasteiger partial charge is 0.481 e. The highest BCUT2D eigenvalue weighted by molar-refractivity contribution is 5.80. The number of hydrogen-bond acceptors (Lipinski definition) is 2. The quantitative estimate of drug-likeness (QED) is 0.780. The third-order valence-corrected chi connectivity index (χ3v) is 3.21. The minimum Gasteiger partial charge on any atom is -0.481 e. The van der Waals surface area contributed by atoms with Crippen LogP contribution in [-0.4, -0.2) is 34.5 Å². The molecule has 16 heavy (non-hydrogen) atoms. The van der Waals surface area contributed by atoms with E-state index in [1.54, 1.807) is 4.90 Å². The summed E-state index contributed by atoms with van der Waals surface area (Å²) in [5.74, 6) is -0.655. The molecule has 1 rings (SSSR count). The molecular weight excluding hydrogens is 206 g/mol. The van der Waals surface area contributed by atoms with Gasteiger partial charge in [-0.1, -0.05) is 20.3 Å². The van der Waals surface area contributed by atoms with Crippen molar-refractivity contribution in [1.29, 1.82) is 0 Å². The van der Waals surface area contributed by atoms with E-state index in [2.05, 4.69) is 6.92 Å². The standard InChI is InChI=1S/C12H21NO3/c1-3-5-9(2)12(16)13-7-4-6-10(13)8-11(14)15/h9-10H,3-8H2,1-2H3,(H,14,15)/t9?,10-/m0/s1. The summed E-state index contributed by atoms with van der Waals surface area (Å²) in [6.07, 6.45) is 3.73. The maximum Gasteiger partial charge on any atom is 0.305 e. The molecule has 2 atom stereocenters. The van der Waals surface area contributed by atoms with Crippen LogP contribution in [0, 0.1) is 5.92 Å². The highest BCUT2D eigenvalue weighted by Gasteiger charge is 2.32. The highest BCUT2D eigenvalue weighted by atomic mass is 16.4. The number of nitrogens with zero attached hydrogens (tertiary/aromatic N) is 1. The first kappa shape index (κ1) is 13.0. The lowest BCUT2D eigenvalue weighted by molar-refractivity contribution is -0.141. The van der Waals surface area contributed by atoms with E-state index in [1.807, 2.05) is 6.92 Å². The van der Waals surface area contributed by atoms with Gasteiger partial charge in [-0.15, -0.1) is 0 Å². The zero-order valence-electron chi connectivity index (χ0n) is 10.1. The van der Waals surface area contributed by atoms with Gasteiger partial charge in [0.25, 0.3) is 0 Å². The van der Waals surface area contributed by atoms with Crippen molar-refractivity contribution in [2.24, 2.45) is 5.92 Å². The number of likely N-dealkylation sites (tertiary alicyclic amines) is 1. The van der Waals surface area contributed by atoms with Gasteiger partial charge < -0.3 is 10.0 Å². The number of carbonyl (C=O) groups excluding carboxylic acids is 1. The summed E-state index contributed by atoms with van der Waals surface area (Å²) >= 11 is 0. The molecule has 4 heteroatoms. The molecule has 0 aromatic carbocycles. The maximum absolute atomic E-state index is 12.1. The Morgan fingerprint density at radius 3 is 2.75 bits per heavy atom. The Morgan fingerprint density at radius 1 is 1.50 bits per heavy atom. The number of aliphatic carboxylic acids is 1. The van der Waals surface area contributed by atoms with Crippen LogP contribution in [0.15, 0.2) is 0 Å². The van der Waals surface area contributed by atoms with Gasteiger partial charge in [-0.05, 0) is 19.3 Å². The molecule has 1 N–H and O–H groups in total. The molecule has 0 saturated carbocycles. The predicted octanol–water partition coefficient (Wildman–Crippen LogP) is 1.89. The van der Waals surface area contributed by atoms with Crippen LogP contribution in [0.3, 0.4) is 0 Å². The first-order valence-corrected chi connectivity index (χ1v) is 6.08. The van der Waals surface area contributed by atoms with Crippen molar-refractivity contribution < 1.29 is 14.7 Å². The van der Waals surface area contributed by atoms with Crippen LogP contribution in [0.25, 0.3) is 0 Å². The minimum absolute atomic E-state index is 0.0272. The lowest BCUT2D eigenvalue weighted by Crippen LogP contribution is -2.39. The summed E-state index contributed by atoms with van der Waals surface area (Å²) in [5.41, 5.74) is 0. The first-order valence-electron chi connectivity index (χ1n) is 6.08. The fraction of sp³-hybridized carbons (Fsp3) is 0.833. The molecule has 1 heterocycles. The van der Waals surface area contributed by atoms with Gasteiger partial charge in [-0.2, -0.15) is 0 Å². The second-order valence-electron chi connectivity index (χ2n) is 4.62. The highest BCUT2D eigenvalue weighted by Crippen LogP contribution is 2.23. The van der Waals surface area contributed by atoms with Gasteiger partial charge in [-0.25, -0.2) is 0 Å². The molecular formula is C12H21NO3. The molecule has 1 amide bonds. The average Bonchev–Trinajstić information content (AvgIpc) is 2.64. The van der Waals surface area contributed by atoms with Crippen molar-refractivity contribution in [3.05, 3.63) is 0 Å². The molecule has 4 nitrogen and oxygen atoms in total. The van der Waals surface area contributed by atoms with E-state index >= 15 is 0 Å². The SMILES string of the molecule is CCCC(C)C(=O)N1CCC[C@H]1CC(=O)O. The molecule has 0 spiro atoms. The molecule has 0 aromatic rings. The topological polar surface area (TPSA) is 57.6 Å². The van der Waals surface area contributed by atoms with Crippen LogP contribution in [0.4, 0.5) is 0 Å². The molecule has 0 aliphatic carbocycles. The molecule has 1 unspecified atom stereocenters. The molecule has 1 fully saturated rings. The molecule has 1 aliphatic rings. The van der Waals surface area contributed by atoms with E-state index in [9.17, 15) is 9.59 Å². The lowest BCUT2D eigenvalue weighted by Gasteiger charge is -2.26. The molecule has 92 valence electrons. The van der Waals surface area contributed by atoms with Crippen molar-refractivity contribution in [3.8, 4) is 0 Å². The Kier molecular flexibility index (Phi) is 4.77. The Bertz CT molecular complexity index is 265. The van der Waals surface area contributed by atoms with Gasteiger partial charge in [-0.3, -0.25) is 9.59 Å². The Balaban J connectivity index is 2.56. The lowest BCUT2D eigenvalue weighted by atomic mass is 10.0. The van der Waals surface area contributed by atoms with E-state index in [0.717, 1.165) is 32.2 Å². The van der Waals surface area contributed by atoms with Crippen LogP contribution < -0.4 is 0 Å². The Morgan fingerprint density at radius 2 is 2.19 bits per heavy atom. The number of carbonyl (C=O) groups is 2.